The lowest BCUT2D eigenvalue weighted by Gasteiger charge is -2.11. The van der Waals surface area contributed by atoms with Crippen molar-refractivity contribution in [3.8, 4) is 5.75 Å². The number of nitro groups is 1. The molecule has 0 saturated heterocycles. The molecule has 0 spiro atoms. The lowest BCUT2D eigenvalue weighted by Crippen LogP contribution is -2.21. The third kappa shape index (κ3) is 2.70. The zero-order valence-corrected chi connectivity index (χ0v) is 9.12. The monoisotopic (exact) mass is 240 g/mol. The molecule has 7 heteroatoms. The van der Waals surface area contributed by atoms with Crippen LogP contribution in [-0.2, 0) is 4.79 Å². The van der Waals surface area contributed by atoms with E-state index < -0.39 is 16.8 Å². The molecule has 1 aromatic carbocycles. The van der Waals surface area contributed by atoms with Gasteiger partial charge >= 0.3 is 11.7 Å². The van der Waals surface area contributed by atoms with Crippen LogP contribution in [-0.4, -0.2) is 29.7 Å². The smallest absolute Gasteiger partial charge is 0.312 e. The van der Waals surface area contributed by atoms with Gasteiger partial charge in [0, 0.05) is 12.6 Å². The van der Waals surface area contributed by atoms with Gasteiger partial charge in [-0.3, -0.25) is 14.9 Å². The molecule has 1 atom stereocenters. The molecule has 1 aromatic rings. The molecule has 0 radical (unpaired) electrons. The standard InChI is InChI=1S/C10H12N2O5/c1-17-9-4-6(7(5-11)10(13)14)2-3-8(9)12(15)16/h2-4,7H,5,11H2,1H3,(H,13,14). The minimum atomic E-state index is -1.08. The number of carboxylic acid groups (broad SMARTS) is 1. The molecule has 1 unspecified atom stereocenters. The molecule has 0 amide bonds. The van der Waals surface area contributed by atoms with Crippen LogP contribution in [0, 0.1) is 10.1 Å². The minimum Gasteiger partial charge on any atom is -0.490 e. The molecular formula is C10H12N2O5. The summed E-state index contributed by atoms with van der Waals surface area (Å²) in [5.41, 5.74) is 5.51. The highest BCUT2D eigenvalue weighted by Crippen LogP contribution is 2.30. The molecule has 0 aliphatic rings. The largest absolute Gasteiger partial charge is 0.490 e. The number of hydrogen-bond acceptors (Lipinski definition) is 5. The maximum Gasteiger partial charge on any atom is 0.312 e. The average Bonchev–Trinajstić information content (AvgIpc) is 2.28. The predicted octanol–water partition coefficient (Wildman–Crippen LogP) is 0.730. The second-order valence-corrected chi connectivity index (χ2v) is 3.31. The molecule has 7 nitrogen and oxygen atoms in total. The second kappa shape index (κ2) is 5.26. The van der Waals surface area contributed by atoms with E-state index in [1.165, 1.54) is 25.3 Å². The number of aliphatic carboxylic acids is 1. The summed E-state index contributed by atoms with van der Waals surface area (Å²) in [4.78, 5) is 20.9. The van der Waals surface area contributed by atoms with Crippen LogP contribution in [0.25, 0.3) is 0 Å². The van der Waals surface area contributed by atoms with Gasteiger partial charge in [-0.15, -0.1) is 0 Å². The van der Waals surface area contributed by atoms with Crippen LogP contribution >= 0.6 is 0 Å². The van der Waals surface area contributed by atoms with Crippen molar-refractivity contribution in [2.75, 3.05) is 13.7 Å². The first-order valence-corrected chi connectivity index (χ1v) is 4.76. The minimum absolute atomic E-state index is 0.0206. The van der Waals surface area contributed by atoms with Gasteiger partial charge in [-0.25, -0.2) is 0 Å². The summed E-state index contributed by atoms with van der Waals surface area (Å²) in [5, 5.41) is 19.6. The maximum atomic E-state index is 10.9. The number of carboxylic acids is 1. The summed E-state index contributed by atoms with van der Waals surface area (Å²) in [6.45, 7) is -0.0870. The van der Waals surface area contributed by atoms with Gasteiger partial charge in [-0.2, -0.15) is 0 Å². The highest BCUT2D eigenvalue weighted by molar-refractivity contribution is 5.77. The Balaban J connectivity index is 3.21. The Kier molecular flexibility index (Phi) is 4.00. The molecule has 0 saturated carbocycles. The Labute approximate surface area is 97.0 Å². The fraction of sp³-hybridized carbons (Fsp3) is 0.300. The van der Waals surface area contributed by atoms with Crippen molar-refractivity contribution < 1.29 is 19.6 Å². The molecule has 0 bridgehead atoms. The highest BCUT2D eigenvalue weighted by Gasteiger charge is 2.22. The Hall–Kier alpha value is -2.15. The second-order valence-electron chi connectivity index (χ2n) is 3.31. The number of nitrogens with two attached hydrogens (primary N) is 1. The molecule has 17 heavy (non-hydrogen) atoms. The molecule has 0 fully saturated rings. The summed E-state index contributed by atoms with van der Waals surface area (Å²) in [5.74, 6) is -1.96. The van der Waals surface area contributed by atoms with E-state index >= 15 is 0 Å². The number of nitro benzene ring substituents is 1. The van der Waals surface area contributed by atoms with Gasteiger partial charge in [0.05, 0.1) is 18.0 Å². The van der Waals surface area contributed by atoms with Gasteiger partial charge in [0.25, 0.3) is 0 Å². The molecule has 92 valence electrons. The van der Waals surface area contributed by atoms with Crippen LogP contribution < -0.4 is 10.5 Å². The van der Waals surface area contributed by atoms with E-state index in [9.17, 15) is 14.9 Å². The summed E-state index contributed by atoms with van der Waals surface area (Å²) >= 11 is 0. The van der Waals surface area contributed by atoms with Crippen LogP contribution in [0.15, 0.2) is 18.2 Å². The molecule has 0 aliphatic heterocycles. The van der Waals surface area contributed by atoms with Crippen molar-refractivity contribution in [1.29, 1.82) is 0 Å². The van der Waals surface area contributed by atoms with Crippen molar-refractivity contribution >= 4 is 11.7 Å². The van der Waals surface area contributed by atoms with Crippen LogP contribution in [0.5, 0.6) is 5.75 Å². The normalized spacial score (nSPS) is 11.9. The van der Waals surface area contributed by atoms with E-state index in [1.807, 2.05) is 0 Å². The number of benzene rings is 1. The van der Waals surface area contributed by atoms with Gasteiger partial charge < -0.3 is 15.6 Å². The Bertz CT molecular complexity index is 446. The first kappa shape index (κ1) is 12.9. The van der Waals surface area contributed by atoms with Crippen LogP contribution in [0.3, 0.4) is 0 Å². The van der Waals surface area contributed by atoms with Crippen molar-refractivity contribution in [3.05, 3.63) is 33.9 Å². The molecule has 0 heterocycles. The lowest BCUT2D eigenvalue weighted by molar-refractivity contribution is -0.385. The number of nitrogens with zero attached hydrogens (tertiary/aromatic N) is 1. The number of rotatable bonds is 5. The molecule has 0 aliphatic carbocycles. The maximum absolute atomic E-state index is 10.9. The molecule has 0 aromatic heterocycles. The number of methoxy groups -OCH3 is 1. The third-order valence-corrected chi connectivity index (χ3v) is 2.34. The van der Waals surface area contributed by atoms with Crippen molar-refractivity contribution in [2.24, 2.45) is 5.73 Å². The first-order chi connectivity index (χ1) is 8.01. The highest BCUT2D eigenvalue weighted by atomic mass is 16.6. The van der Waals surface area contributed by atoms with E-state index in [1.54, 1.807) is 0 Å². The zero-order chi connectivity index (χ0) is 13.0. The van der Waals surface area contributed by atoms with Crippen molar-refractivity contribution in [2.45, 2.75) is 5.92 Å². The van der Waals surface area contributed by atoms with E-state index in [-0.39, 0.29) is 18.0 Å². The zero-order valence-electron chi connectivity index (χ0n) is 9.12. The molecule has 1 rings (SSSR count). The quantitative estimate of drug-likeness (QED) is 0.579. The Morgan fingerprint density at radius 3 is 2.71 bits per heavy atom. The van der Waals surface area contributed by atoms with Crippen LogP contribution in [0.1, 0.15) is 11.5 Å². The summed E-state index contributed by atoms with van der Waals surface area (Å²) in [6, 6.07) is 3.90. The average molecular weight is 240 g/mol. The fourth-order valence-corrected chi connectivity index (χ4v) is 1.44. The van der Waals surface area contributed by atoms with E-state index in [4.69, 9.17) is 15.6 Å². The van der Waals surface area contributed by atoms with E-state index in [2.05, 4.69) is 0 Å². The summed E-state index contributed by atoms with van der Waals surface area (Å²) in [6.07, 6.45) is 0. The topological polar surface area (TPSA) is 116 Å². The van der Waals surface area contributed by atoms with Gasteiger partial charge in [-0.1, -0.05) is 6.07 Å². The van der Waals surface area contributed by atoms with E-state index in [0.29, 0.717) is 5.56 Å². The van der Waals surface area contributed by atoms with Gasteiger partial charge in [-0.05, 0) is 11.6 Å². The third-order valence-electron chi connectivity index (χ3n) is 2.34. The van der Waals surface area contributed by atoms with Gasteiger partial charge in [0.15, 0.2) is 5.75 Å². The lowest BCUT2D eigenvalue weighted by atomic mass is 9.99. The first-order valence-electron chi connectivity index (χ1n) is 4.76. The summed E-state index contributed by atoms with van der Waals surface area (Å²) < 4.78 is 4.85. The van der Waals surface area contributed by atoms with Crippen LogP contribution in [0.4, 0.5) is 5.69 Å². The number of carbonyl (C=O) groups is 1. The van der Waals surface area contributed by atoms with Crippen LogP contribution in [0.2, 0.25) is 0 Å². The SMILES string of the molecule is COc1cc(C(CN)C(=O)O)ccc1[N+](=O)[O-]. The Morgan fingerprint density at radius 1 is 1.65 bits per heavy atom. The molecule has 3 N–H and O–H groups in total. The summed E-state index contributed by atoms with van der Waals surface area (Å²) in [7, 11) is 1.28. The van der Waals surface area contributed by atoms with Crippen molar-refractivity contribution in [1.82, 2.24) is 0 Å². The number of ether oxygens (including phenoxy) is 1. The number of hydrogen-bond donors (Lipinski definition) is 2. The van der Waals surface area contributed by atoms with Crippen molar-refractivity contribution in [3.63, 3.8) is 0 Å². The van der Waals surface area contributed by atoms with E-state index in [0.717, 1.165) is 0 Å². The predicted molar refractivity (Wildman–Crippen MR) is 59.1 cm³/mol. The van der Waals surface area contributed by atoms with Gasteiger partial charge in [0.2, 0.25) is 0 Å². The molecular weight excluding hydrogens is 228 g/mol. The van der Waals surface area contributed by atoms with Gasteiger partial charge in [0.1, 0.15) is 0 Å². The fourth-order valence-electron chi connectivity index (χ4n) is 1.44. The Morgan fingerprint density at radius 2 is 2.29 bits per heavy atom.